The van der Waals surface area contributed by atoms with E-state index in [-0.39, 0.29) is 11.9 Å². The molecule has 1 rings (SSSR count). The van der Waals surface area contributed by atoms with Crippen LogP contribution in [0.3, 0.4) is 0 Å². The molecule has 0 aliphatic heterocycles. The van der Waals surface area contributed by atoms with Crippen molar-refractivity contribution in [2.45, 2.75) is 38.8 Å². The molecule has 5 nitrogen and oxygen atoms in total. The summed E-state index contributed by atoms with van der Waals surface area (Å²) < 4.78 is 10.5. The van der Waals surface area contributed by atoms with E-state index in [1.807, 2.05) is 6.92 Å². The van der Waals surface area contributed by atoms with Crippen molar-refractivity contribution in [3.8, 4) is 0 Å². The lowest BCUT2D eigenvalue weighted by molar-refractivity contribution is -0.132. The van der Waals surface area contributed by atoms with Crippen molar-refractivity contribution in [1.29, 1.82) is 0 Å². The maximum absolute atomic E-state index is 11.6. The van der Waals surface area contributed by atoms with Crippen molar-refractivity contribution in [1.82, 2.24) is 5.32 Å². The van der Waals surface area contributed by atoms with Crippen LogP contribution in [0.2, 0.25) is 0 Å². The zero-order valence-electron chi connectivity index (χ0n) is 10.8. The van der Waals surface area contributed by atoms with E-state index in [0.717, 1.165) is 0 Å². The van der Waals surface area contributed by atoms with Crippen LogP contribution in [0.25, 0.3) is 0 Å². The maximum Gasteiger partial charge on any atom is 0.248 e. The first kappa shape index (κ1) is 14.4. The van der Waals surface area contributed by atoms with Crippen LogP contribution in [0.15, 0.2) is 0 Å². The van der Waals surface area contributed by atoms with Crippen LogP contribution in [0.1, 0.15) is 26.7 Å². The zero-order valence-corrected chi connectivity index (χ0v) is 10.8. The van der Waals surface area contributed by atoms with Crippen LogP contribution < -0.4 is 11.1 Å². The van der Waals surface area contributed by atoms with E-state index in [9.17, 15) is 4.79 Å². The lowest BCUT2D eigenvalue weighted by atomic mass is 10.2. The highest BCUT2D eigenvalue weighted by Gasteiger charge is 2.28. The summed E-state index contributed by atoms with van der Waals surface area (Å²) >= 11 is 0. The topological polar surface area (TPSA) is 73.6 Å². The Labute approximate surface area is 103 Å². The van der Waals surface area contributed by atoms with E-state index in [2.05, 4.69) is 5.32 Å². The number of ether oxygens (including phenoxy) is 2. The van der Waals surface area contributed by atoms with Crippen molar-refractivity contribution in [2.24, 2.45) is 11.7 Å². The third kappa shape index (κ3) is 6.00. The number of nitrogens with two attached hydrogens (primary N) is 1. The summed E-state index contributed by atoms with van der Waals surface area (Å²) in [6, 6.07) is 0.0922. The fourth-order valence-corrected chi connectivity index (χ4v) is 1.56. The monoisotopic (exact) mass is 244 g/mol. The predicted octanol–water partition coefficient (Wildman–Crippen LogP) is 0.282. The third-order valence-electron chi connectivity index (χ3n) is 2.91. The molecule has 100 valence electrons. The van der Waals surface area contributed by atoms with Gasteiger partial charge in [0.15, 0.2) is 0 Å². The minimum atomic E-state index is -0.443. The van der Waals surface area contributed by atoms with Gasteiger partial charge in [0.1, 0.15) is 6.10 Å². The molecule has 0 spiro atoms. The molecule has 0 aromatic heterocycles. The molecule has 3 N–H and O–H groups in total. The Morgan fingerprint density at radius 3 is 2.76 bits per heavy atom. The summed E-state index contributed by atoms with van der Waals surface area (Å²) in [6.07, 6.45) is 1.94. The average molecular weight is 244 g/mol. The van der Waals surface area contributed by atoms with Crippen LogP contribution in [0.5, 0.6) is 0 Å². The van der Waals surface area contributed by atoms with Gasteiger partial charge in [0.05, 0.1) is 13.2 Å². The molecule has 0 heterocycles. The molecule has 17 heavy (non-hydrogen) atoms. The highest BCUT2D eigenvalue weighted by Crippen LogP contribution is 2.31. The Kier molecular flexibility index (Phi) is 6.47. The van der Waals surface area contributed by atoms with E-state index in [0.29, 0.717) is 32.3 Å². The Balaban J connectivity index is 2.04. The highest BCUT2D eigenvalue weighted by atomic mass is 16.5. The van der Waals surface area contributed by atoms with Crippen LogP contribution in [0, 0.1) is 5.92 Å². The zero-order chi connectivity index (χ0) is 12.7. The minimum absolute atomic E-state index is 0.0922. The molecule has 1 saturated carbocycles. The fraction of sp³-hybridized carbons (Fsp3) is 0.917. The molecule has 2 atom stereocenters. The van der Waals surface area contributed by atoms with Gasteiger partial charge in [-0.1, -0.05) is 0 Å². The molecular formula is C12H24N2O3. The largest absolute Gasteiger partial charge is 0.379 e. The van der Waals surface area contributed by atoms with Gasteiger partial charge in [-0.05, 0) is 32.6 Å². The van der Waals surface area contributed by atoms with Gasteiger partial charge in [-0.25, -0.2) is 0 Å². The average Bonchev–Trinajstić information content (AvgIpc) is 3.14. The van der Waals surface area contributed by atoms with Crippen molar-refractivity contribution >= 4 is 5.91 Å². The van der Waals surface area contributed by atoms with Gasteiger partial charge in [-0.2, -0.15) is 0 Å². The second-order valence-corrected chi connectivity index (χ2v) is 4.46. The van der Waals surface area contributed by atoms with E-state index in [1.54, 1.807) is 6.92 Å². The molecule has 1 aliphatic rings. The number of hydrogen-bond donors (Lipinski definition) is 2. The molecule has 0 radical (unpaired) electrons. The van der Waals surface area contributed by atoms with Crippen LogP contribution in [0.4, 0.5) is 0 Å². The second kappa shape index (κ2) is 7.63. The first-order chi connectivity index (χ1) is 8.15. The van der Waals surface area contributed by atoms with E-state index in [1.165, 1.54) is 12.8 Å². The SMILES string of the molecule is CCOCCOC(C)C(=O)NCC(N)C1CC1. The lowest BCUT2D eigenvalue weighted by Crippen LogP contribution is -2.43. The van der Waals surface area contributed by atoms with Gasteiger partial charge < -0.3 is 20.5 Å². The normalized spacial score (nSPS) is 18.8. The van der Waals surface area contributed by atoms with Crippen LogP contribution >= 0.6 is 0 Å². The fourth-order valence-electron chi connectivity index (χ4n) is 1.56. The smallest absolute Gasteiger partial charge is 0.248 e. The Morgan fingerprint density at radius 2 is 2.18 bits per heavy atom. The first-order valence-corrected chi connectivity index (χ1v) is 6.37. The number of nitrogens with one attached hydrogen (secondary N) is 1. The Hall–Kier alpha value is -0.650. The molecule has 1 aliphatic carbocycles. The number of amides is 1. The van der Waals surface area contributed by atoms with E-state index in [4.69, 9.17) is 15.2 Å². The standard InChI is InChI=1S/C12H24N2O3/c1-3-16-6-7-17-9(2)12(15)14-8-11(13)10-4-5-10/h9-11H,3-8,13H2,1-2H3,(H,14,15). The second-order valence-electron chi connectivity index (χ2n) is 4.46. The molecule has 0 aromatic carbocycles. The van der Waals surface area contributed by atoms with Gasteiger partial charge in [-0.3, -0.25) is 4.79 Å². The Bertz CT molecular complexity index is 232. The quantitative estimate of drug-likeness (QED) is 0.571. The summed E-state index contributed by atoms with van der Waals surface area (Å²) in [5.74, 6) is 0.502. The highest BCUT2D eigenvalue weighted by molar-refractivity contribution is 5.80. The van der Waals surface area contributed by atoms with Crippen molar-refractivity contribution in [3.63, 3.8) is 0 Å². The van der Waals surface area contributed by atoms with Crippen molar-refractivity contribution < 1.29 is 14.3 Å². The molecular weight excluding hydrogens is 220 g/mol. The van der Waals surface area contributed by atoms with Gasteiger partial charge in [-0.15, -0.1) is 0 Å². The maximum atomic E-state index is 11.6. The molecule has 0 saturated heterocycles. The minimum Gasteiger partial charge on any atom is -0.379 e. The van der Waals surface area contributed by atoms with E-state index < -0.39 is 6.10 Å². The van der Waals surface area contributed by atoms with E-state index >= 15 is 0 Å². The molecule has 5 heteroatoms. The Morgan fingerprint density at radius 1 is 1.47 bits per heavy atom. The molecule has 2 unspecified atom stereocenters. The molecule has 1 amide bonds. The van der Waals surface area contributed by atoms with Gasteiger partial charge >= 0.3 is 0 Å². The number of hydrogen-bond acceptors (Lipinski definition) is 4. The molecule has 1 fully saturated rings. The van der Waals surface area contributed by atoms with Gasteiger partial charge in [0.2, 0.25) is 5.91 Å². The predicted molar refractivity (Wildman–Crippen MR) is 65.6 cm³/mol. The number of carbonyl (C=O) groups excluding carboxylic acids is 1. The summed E-state index contributed by atoms with van der Waals surface area (Å²) in [4.78, 5) is 11.6. The number of rotatable bonds is 9. The van der Waals surface area contributed by atoms with Crippen LogP contribution in [-0.4, -0.2) is 44.4 Å². The summed E-state index contributed by atoms with van der Waals surface area (Å²) in [7, 11) is 0. The molecule has 0 aromatic rings. The first-order valence-electron chi connectivity index (χ1n) is 6.37. The van der Waals surface area contributed by atoms with Crippen molar-refractivity contribution in [3.05, 3.63) is 0 Å². The third-order valence-corrected chi connectivity index (χ3v) is 2.91. The summed E-state index contributed by atoms with van der Waals surface area (Å²) in [6.45, 7) is 5.84. The lowest BCUT2D eigenvalue weighted by Gasteiger charge is -2.16. The number of carbonyl (C=O) groups is 1. The summed E-state index contributed by atoms with van der Waals surface area (Å²) in [5, 5.41) is 2.81. The molecule has 0 bridgehead atoms. The van der Waals surface area contributed by atoms with Gasteiger partial charge in [0.25, 0.3) is 0 Å². The summed E-state index contributed by atoms with van der Waals surface area (Å²) in [5.41, 5.74) is 5.89. The van der Waals surface area contributed by atoms with Crippen molar-refractivity contribution in [2.75, 3.05) is 26.4 Å². The van der Waals surface area contributed by atoms with Gasteiger partial charge in [0, 0.05) is 19.2 Å². The van der Waals surface area contributed by atoms with Crippen LogP contribution in [-0.2, 0) is 14.3 Å².